The van der Waals surface area contributed by atoms with E-state index in [0.29, 0.717) is 6.42 Å². The fraction of sp³-hybridized carbons (Fsp3) is 0.627. The lowest BCUT2D eigenvalue weighted by Crippen LogP contribution is -2.29. The van der Waals surface area contributed by atoms with Gasteiger partial charge in [0, 0.05) is 19.4 Å². The lowest BCUT2D eigenvalue weighted by molar-refractivity contribution is -0.161. The van der Waals surface area contributed by atoms with Crippen LogP contribution in [0.2, 0.25) is 0 Å². The number of phosphoric ester groups is 1. The van der Waals surface area contributed by atoms with E-state index < -0.39 is 32.5 Å². The quantitative estimate of drug-likeness (QED) is 0.0264. The molecule has 482 valence electrons. The number of phosphoric acid groups is 1. The van der Waals surface area contributed by atoms with E-state index in [4.69, 9.17) is 24.3 Å². The van der Waals surface area contributed by atoms with E-state index in [1.807, 2.05) is 0 Å². The summed E-state index contributed by atoms with van der Waals surface area (Å²) in [6.45, 7) is 3.48. The maximum Gasteiger partial charge on any atom is 0.472 e. The van der Waals surface area contributed by atoms with Crippen LogP contribution in [0.15, 0.2) is 158 Å². The van der Waals surface area contributed by atoms with Crippen molar-refractivity contribution >= 4 is 19.8 Å². The molecule has 85 heavy (non-hydrogen) atoms. The van der Waals surface area contributed by atoms with Crippen LogP contribution in [-0.2, 0) is 32.7 Å². The van der Waals surface area contributed by atoms with E-state index >= 15 is 0 Å². The van der Waals surface area contributed by atoms with Gasteiger partial charge in [0.1, 0.15) is 6.61 Å². The van der Waals surface area contributed by atoms with Gasteiger partial charge in [0.2, 0.25) is 0 Å². The maximum absolute atomic E-state index is 12.7. The first-order chi connectivity index (χ1) is 41.8. The minimum absolute atomic E-state index is 0.0405. The van der Waals surface area contributed by atoms with Gasteiger partial charge in [0.05, 0.1) is 13.2 Å². The Morgan fingerprint density at radius 2 is 0.612 bits per heavy atom. The van der Waals surface area contributed by atoms with Gasteiger partial charge in [-0.15, -0.1) is 0 Å². The molecule has 10 heteroatoms. The van der Waals surface area contributed by atoms with E-state index in [1.165, 1.54) is 116 Å². The van der Waals surface area contributed by atoms with Crippen molar-refractivity contribution < 1.29 is 37.6 Å². The monoisotopic (exact) mass is 1200 g/mol. The lowest BCUT2D eigenvalue weighted by atomic mass is 10.0. The minimum Gasteiger partial charge on any atom is -0.462 e. The van der Waals surface area contributed by atoms with E-state index in [2.05, 4.69) is 172 Å². The van der Waals surface area contributed by atoms with E-state index in [-0.39, 0.29) is 32.6 Å². The molecular formula is C75H124NO8P. The molecule has 0 saturated heterocycles. The van der Waals surface area contributed by atoms with Crippen LogP contribution < -0.4 is 5.73 Å². The van der Waals surface area contributed by atoms with Gasteiger partial charge < -0.3 is 20.1 Å². The maximum atomic E-state index is 12.7. The number of ether oxygens (including phenoxy) is 2. The first kappa shape index (κ1) is 80.6. The summed E-state index contributed by atoms with van der Waals surface area (Å²) in [6.07, 6.45) is 100. The molecule has 0 aliphatic heterocycles. The average Bonchev–Trinajstić information content (AvgIpc) is 3.52. The van der Waals surface area contributed by atoms with Crippen molar-refractivity contribution in [1.82, 2.24) is 0 Å². The fourth-order valence-electron chi connectivity index (χ4n) is 8.97. The largest absolute Gasteiger partial charge is 0.472 e. The Labute approximate surface area is 521 Å². The number of unbranched alkanes of at least 4 members (excludes halogenated alkanes) is 23. The molecule has 0 bridgehead atoms. The summed E-state index contributed by atoms with van der Waals surface area (Å²) in [5.74, 6) is -0.869. The predicted molar refractivity (Wildman–Crippen MR) is 366 cm³/mol. The Balaban J connectivity index is 3.99. The molecule has 0 aliphatic rings. The fourth-order valence-corrected chi connectivity index (χ4v) is 9.74. The molecular weight excluding hydrogens is 1070 g/mol. The average molecular weight is 1200 g/mol. The standard InChI is InChI=1S/C75H124NO8P/c1-3-5-7-9-11-13-15-17-19-21-23-25-27-29-31-33-35-36-38-39-41-43-45-47-49-51-53-55-57-59-61-63-65-67-74(77)81-71-73(72-83-85(79,80)82-70-69-76)84-75(78)68-66-64-62-60-58-56-54-52-50-48-46-44-42-40-37-34-32-30-28-26-24-22-20-18-16-14-12-10-8-6-4-2/h5-8,11-14,17-20,23-26,30,32,37,40,44,46,50,52,56,58,73H,3-4,9-10,15-16,21-22,27-29,31,33-36,38-39,41-43,45,47-49,51,53-55,57,59-72,76H2,1-2H3,(H,79,80)/b7-5-,8-6-,13-11-,14-12-,19-17-,20-18-,25-23-,26-24-,32-30-,40-37-,46-44-,52-50-,58-56-. The van der Waals surface area contributed by atoms with Crippen LogP contribution in [0, 0.1) is 0 Å². The third-order valence-corrected chi connectivity index (χ3v) is 14.9. The van der Waals surface area contributed by atoms with Crippen molar-refractivity contribution in [2.45, 2.75) is 277 Å². The Morgan fingerprint density at radius 3 is 0.918 bits per heavy atom. The van der Waals surface area contributed by atoms with E-state index in [1.54, 1.807) is 0 Å². The highest BCUT2D eigenvalue weighted by Gasteiger charge is 2.26. The predicted octanol–water partition coefficient (Wildman–Crippen LogP) is 22.4. The second-order valence-corrected chi connectivity index (χ2v) is 23.4. The Hall–Kier alpha value is -4.37. The van der Waals surface area contributed by atoms with Gasteiger partial charge >= 0.3 is 19.8 Å². The Kier molecular flexibility index (Phi) is 65.2. The molecule has 2 atom stereocenters. The van der Waals surface area contributed by atoms with Gasteiger partial charge in [-0.1, -0.05) is 294 Å². The third-order valence-electron chi connectivity index (χ3n) is 13.9. The van der Waals surface area contributed by atoms with Crippen molar-refractivity contribution in [3.05, 3.63) is 158 Å². The molecule has 9 nitrogen and oxygen atoms in total. The summed E-state index contributed by atoms with van der Waals surface area (Å²) >= 11 is 0. The zero-order valence-electron chi connectivity index (χ0n) is 54.0. The zero-order chi connectivity index (χ0) is 61.6. The topological polar surface area (TPSA) is 134 Å². The minimum atomic E-state index is -4.41. The molecule has 0 radical (unpaired) electrons. The van der Waals surface area contributed by atoms with Crippen LogP contribution in [0.5, 0.6) is 0 Å². The normalized spacial score (nSPS) is 14.0. The summed E-state index contributed by atoms with van der Waals surface area (Å²) < 4.78 is 33.1. The Bertz CT molecular complexity index is 1950. The van der Waals surface area contributed by atoms with Crippen LogP contribution in [0.25, 0.3) is 0 Å². The molecule has 0 rings (SSSR count). The van der Waals surface area contributed by atoms with Crippen LogP contribution in [-0.4, -0.2) is 49.3 Å². The van der Waals surface area contributed by atoms with Gasteiger partial charge in [0.25, 0.3) is 0 Å². The molecule has 0 fully saturated rings. The first-order valence-corrected chi connectivity index (χ1v) is 35.5. The highest BCUT2D eigenvalue weighted by molar-refractivity contribution is 7.47. The molecule has 0 aromatic heterocycles. The number of hydrogen-bond donors (Lipinski definition) is 2. The van der Waals surface area contributed by atoms with Crippen molar-refractivity contribution in [1.29, 1.82) is 0 Å². The number of hydrogen-bond acceptors (Lipinski definition) is 8. The van der Waals surface area contributed by atoms with Gasteiger partial charge in [0.15, 0.2) is 6.10 Å². The molecule has 0 aromatic rings. The molecule has 0 aliphatic carbocycles. The smallest absolute Gasteiger partial charge is 0.462 e. The summed E-state index contributed by atoms with van der Waals surface area (Å²) in [6, 6.07) is 0. The second-order valence-electron chi connectivity index (χ2n) is 21.9. The molecule has 0 saturated carbocycles. The molecule has 0 spiro atoms. The number of allylic oxidation sites excluding steroid dienone is 26. The van der Waals surface area contributed by atoms with Crippen molar-refractivity contribution in [3.63, 3.8) is 0 Å². The highest BCUT2D eigenvalue weighted by Crippen LogP contribution is 2.43. The van der Waals surface area contributed by atoms with Crippen molar-refractivity contribution in [2.24, 2.45) is 5.73 Å². The molecule has 0 aromatic carbocycles. The van der Waals surface area contributed by atoms with Gasteiger partial charge in [-0.25, -0.2) is 4.57 Å². The number of carbonyl (C=O) groups excluding carboxylic acids is 2. The third kappa shape index (κ3) is 68.6. The lowest BCUT2D eigenvalue weighted by Gasteiger charge is -2.19. The summed E-state index contributed by atoms with van der Waals surface area (Å²) in [5.41, 5.74) is 5.40. The van der Waals surface area contributed by atoms with E-state index in [0.717, 1.165) is 122 Å². The highest BCUT2D eigenvalue weighted by atomic mass is 31.2. The number of rotatable bonds is 62. The number of carbonyl (C=O) groups is 2. The first-order valence-electron chi connectivity index (χ1n) is 34.0. The van der Waals surface area contributed by atoms with Crippen LogP contribution in [0.3, 0.4) is 0 Å². The van der Waals surface area contributed by atoms with Gasteiger partial charge in [-0.05, 0) is 122 Å². The summed E-state index contributed by atoms with van der Waals surface area (Å²) in [7, 11) is -4.41. The molecule has 3 N–H and O–H groups in total. The number of esters is 2. The van der Waals surface area contributed by atoms with Crippen molar-refractivity contribution in [3.8, 4) is 0 Å². The van der Waals surface area contributed by atoms with Crippen LogP contribution >= 0.6 is 7.82 Å². The summed E-state index contributed by atoms with van der Waals surface area (Å²) in [4.78, 5) is 35.3. The Morgan fingerprint density at radius 1 is 0.353 bits per heavy atom. The van der Waals surface area contributed by atoms with E-state index in [9.17, 15) is 19.0 Å². The number of nitrogens with two attached hydrogens (primary N) is 1. The molecule has 0 amide bonds. The van der Waals surface area contributed by atoms with Crippen LogP contribution in [0.1, 0.15) is 271 Å². The summed E-state index contributed by atoms with van der Waals surface area (Å²) in [5, 5.41) is 0. The zero-order valence-corrected chi connectivity index (χ0v) is 54.9. The van der Waals surface area contributed by atoms with Gasteiger partial charge in [-0.2, -0.15) is 0 Å². The second kappa shape index (κ2) is 68.7. The van der Waals surface area contributed by atoms with Crippen molar-refractivity contribution in [2.75, 3.05) is 26.4 Å². The molecule has 2 unspecified atom stereocenters. The van der Waals surface area contributed by atoms with Gasteiger partial charge in [-0.3, -0.25) is 18.6 Å². The SMILES string of the molecule is CC/C=C\C/C=C\C/C=C\C/C=C\C/C=C\C/C=C\C/C=C\C/C=C\C/C=C\CCCCCC(=O)OC(COC(=O)CCCCCCCCCCCCCCCCCCCCCC/C=C\C/C=C\C/C=C\C/C=C\CC)COP(=O)(O)OCCN. The van der Waals surface area contributed by atoms with Crippen LogP contribution in [0.4, 0.5) is 0 Å². The molecule has 0 heterocycles.